The van der Waals surface area contributed by atoms with Gasteiger partial charge in [-0.1, -0.05) is 19.1 Å². The lowest BCUT2D eigenvalue weighted by Gasteiger charge is -2.32. The van der Waals surface area contributed by atoms with Crippen molar-refractivity contribution in [3.63, 3.8) is 0 Å². The molecule has 1 saturated heterocycles. The number of hydrogen-bond donors (Lipinski definition) is 2. The first-order valence-electron chi connectivity index (χ1n) is 8.49. The zero-order valence-corrected chi connectivity index (χ0v) is 14.9. The van der Waals surface area contributed by atoms with Crippen LogP contribution in [0.1, 0.15) is 25.3 Å². The number of rotatable bonds is 4. The van der Waals surface area contributed by atoms with E-state index >= 15 is 0 Å². The molecule has 0 bridgehead atoms. The highest BCUT2D eigenvalue weighted by atomic mass is 32.1. The van der Waals surface area contributed by atoms with Crippen molar-refractivity contribution in [1.82, 2.24) is 10.3 Å². The molecule has 2 aromatic rings. The summed E-state index contributed by atoms with van der Waals surface area (Å²) in [6.07, 6.45) is 6.12. The average Bonchev–Trinajstić information content (AvgIpc) is 2.61. The maximum Gasteiger partial charge on any atom is 0.171 e. The van der Waals surface area contributed by atoms with Gasteiger partial charge < -0.3 is 15.5 Å². The van der Waals surface area contributed by atoms with Crippen molar-refractivity contribution < 1.29 is 0 Å². The molecule has 24 heavy (non-hydrogen) atoms. The van der Waals surface area contributed by atoms with Gasteiger partial charge in [0.2, 0.25) is 0 Å². The van der Waals surface area contributed by atoms with Crippen molar-refractivity contribution in [3.8, 4) is 0 Å². The SMILES string of the molecule is C[C@@H]1CCCN(c2ccc(CNC(=S)Nc3ccncc3)cc2)C1. The van der Waals surface area contributed by atoms with Gasteiger partial charge in [0.15, 0.2) is 5.11 Å². The molecule has 1 atom stereocenters. The van der Waals surface area contributed by atoms with E-state index in [1.165, 1.54) is 30.6 Å². The third kappa shape index (κ3) is 4.68. The highest BCUT2D eigenvalue weighted by molar-refractivity contribution is 7.80. The molecule has 2 heterocycles. The molecule has 1 aliphatic rings. The second kappa shape index (κ2) is 8.11. The van der Waals surface area contributed by atoms with E-state index in [4.69, 9.17) is 12.2 Å². The zero-order chi connectivity index (χ0) is 16.8. The van der Waals surface area contributed by atoms with Crippen molar-refractivity contribution in [1.29, 1.82) is 0 Å². The summed E-state index contributed by atoms with van der Waals surface area (Å²) in [5, 5.41) is 7.01. The van der Waals surface area contributed by atoms with Crippen LogP contribution in [-0.4, -0.2) is 23.2 Å². The molecule has 3 rings (SSSR count). The summed E-state index contributed by atoms with van der Waals surface area (Å²) in [4.78, 5) is 6.48. The molecular formula is C19H24N4S. The molecular weight excluding hydrogens is 316 g/mol. The average molecular weight is 340 g/mol. The quantitative estimate of drug-likeness (QED) is 0.829. The molecule has 0 aliphatic carbocycles. The van der Waals surface area contributed by atoms with Crippen molar-refractivity contribution in [2.75, 3.05) is 23.3 Å². The number of hydrogen-bond acceptors (Lipinski definition) is 3. The van der Waals surface area contributed by atoms with E-state index in [9.17, 15) is 0 Å². The standard InChI is InChI=1S/C19H24N4S/c1-15-3-2-12-23(14-15)18-6-4-16(5-7-18)13-21-19(24)22-17-8-10-20-11-9-17/h4-11,15H,2-3,12-14H2,1H3,(H2,20,21,22,24)/t15-/m1/s1. The second-order valence-electron chi connectivity index (χ2n) is 6.40. The van der Waals surface area contributed by atoms with E-state index in [0.717, 1.165) is 18.2 Å². The van der Waals surface area contributed by atoms with Crippen LogP contribution in [0.25, 0.3) is 0 Å². The normalized spacial score (nSPS) is 17.4. The Morgan fingerprint density at radius 1 is 1.21 bits per heavy atom. The molecule has 1 aliphatic heterocycles. The highest BCUT2D eigenvalue weighted by Gasteiger charge is 2.16. The summed E-state index contributed by atoms with van der Waals surface area (Å²) >= 11 is 5.33. The van der Waals surface area contributed by atoms with Gasteiger partial charge in [0, 0.05) is 43.4 Å². The van der Waals surface area contributed by atoms with E-state index in [2.05, 4.69) is 51.7 Å². The van der Waals surface area contributed by atoms with Crippen LogP contribution in [0.15, 0.2) is 48.8 Å². The predicted octanol–water partition coefficient (Wildman–Crippen LogP) is 3.80. The summed E-state index contributed by atoms with van der Waals surface area (Å²) in [5.41, 5.74) is 3.49. The molecule has 4 nitrogen and oxygen atoms in total. The fourth-order valence-electron chi connectivity index (χ4n) is 3.04. The second-order valence-corrected chi connectivity index (χ2v) is 6.81. The van der Waals surface area contributed by atoms with Gasteiger partial charge >= 0.3 is 0 Å². The molecule has 1 aromatic carbocycles. The smallest absolute Gasteiger partial charge is 0.171 e. The summed E-state index contributed by atoms with van der Waals surface area (Å²) < 4.78 is 0. The minimum Gasteiger partial charge on any atom is -0.371 e. The number of nitrogens with zero attached hydrogens (tertiary/aromatic N) is 2. The molecule has 1 aromatic heterocycles. The lowest BCUT2D eigenvalue weighted by molar-refractivity contribution is 0.447. The lowest BCUT2D eigenvalue weighted by atomic mass is 9.99. The molecule has 1 fully saturated rings. The maximum absolute atomic E-state index is 5.33. The Balaban J connectivity index is 1.50. The molecule has 0 saturated carbocycles. The number of nitrogens with one attached hydrogen (secondary N) is 2. The first-order valence-corrected chi connectivity index (χ1v) is 8.90. The van der Waals surface area contributed by atoms with Crippen molar-refractivity contribution >= 4 is 28.7 Å². The molecule has 0 spiro atoms. The largest absolute Gasteiger partial charge is 0.371 e. The molecule has 2 N–H and O–H groups in total. The van der Waals surface area contributed by atoms with Crippen LogP contribution >= 0.6 is 12.2 Å². The first kappa shape index (κ1) is 16.7. The topological polar surface area (TPSA) is 40.2 Å². The van der Waals surface area contributed by atoms with Crippen LogP contribution in [0.2, 0.25) is 0 Å². The van der Waals surface area contributed by atoms with Gasteiger partial charge in [-0.3, -0.25) is 4.98 Å². The Morgan fingerprint density at radius 3 is 2.67 bits per heavy atom. The minimum atomic E-state index is 0.620. The van der Waals surface area contributed by atoms with E-state index in [1.807, 2.05) is 12.1 Å². The van der Waals surface area contributed by atoms with Gasteiger partial charge in [0.05, 0.1) is 0 Å². The van der Waals surface area contributed by atoms with Crippen LogP contribution in [-0.2, 0) is 6.54 Å². The summed E-state index contributed by atoms with van der Waals surface area (Å²) in [6.45, 7) is 5.38. The number of benzene rings is 1. The fourth-order valence-corrected chi connectivity index (χ4v) is 3.23. The minimum absolute atomic E-state index is 0.620. The molecule has 126 valence electrons. The molecule has 0 amide bonds. The number of aromatic nitrogens is 1. The van der Waals surface area contributed by atoms with E-state index < -0.39 is 0 Å². The van der Waals surface area contributed by atoms with Gasteiger partial charge in [-0.25, -0.2) is 0 Å². The van der Waals surface area contributed by atoms with Crippen molar-refractivity contribution in [2.24, 2.45) is 5.92 Å². The van der Waals surface area contributed by atoms with E-state index in [0.29, 0.717) is 11.7 Å². The highest BCUT2D eigenvalue weighted by Crippen LogP contribution is 2.23. The number of pyridine rings is 1. The number of thiocarbonyl (C=S) groups is 1. The lowest BCUT2D eigenvalue weighted by Crippen LogP contribution is -2.34. The number of anilines is 2. The van der Waals surface area contributed by atoms with Gasteiger partial charge in [0.1, 0.15) is 0 Å². The van der Waals surface area contributed by atoms with Crippen molar-refractivity contribution in [2.45, 2.75) is 26.3 Å². The molecule has 0 unspecified atom stereocenters. The number of piperidine rings is 1. The Kier molecular flexibility index (Phi) is 5.64. The van der Waals surface area contributed by atoms with Crippen LogP contribution in [0.3, 0.4) is 0 Å². The molecule has 0 radical (unpaired) electrons. The summed E-state index contributed by atoms with van der Waals surface area (Å²) in [5.74, 6) is 0.789. The van der Waals surface area contributed by atoms with E-state index in [1.54, 1.807) is 12.4 Å². The summed E-state index contributed by atoms with van der Waals surface area (Å²) in [6, 6.07) is 12.6. The predicted molar refractivity (Wildman–Crippen MR) is 104 cm³/mol. The Hall–Kier alpha value is -2.14. The third-order valence-electron chi connectivity index (χ3n) is 4.35. The van der Waals surface area contributed by atoms with Crippen LogP contribution in [0.5, 0.6) is 0 Å². The zero-order valence-electron chi connectivity index (χ0n) is 14.0. The van der Waals surface area contributed by atoms with Gasteiger partial charge in [0.25, 0.3) is 0 Å². The van der Waals surface area contributed by atoms with Gasteiger partial charge in [-0.15, -0.1) is 0 Å². The third-order valence-corrected chi connectivity index (χ3v) is 4.60. The first-order chi connectivity index (χ1) is 11.7. The Labute approximate surface area is 149 Å². The monoisotopic (exact) mass is 340 g/mol. The maximum atomic E-state index is 5.33. The van der Waals surface area contributed by atoms with Gasteiger partial charge in [-0.05, 0) is 60.8 Å². The van der Waals surface area contributed by atoms with Gasteiger partial charge in [-0.2, -0.15) is 0 Å². The van der Waals surface area contributed by atoms with Crippen LogP contribution in [0, 0.1) is 5.92 Å². The van der Waals surface area contributed by atoms with Crippen molar-refractivity contribution in [3.05, 3.63) is 54.4 Å². The Bertz CT molecular complexity index is 657. The molecule has 5 heteroatoms. The summed E-state index contributed by atoms with van der Waals surface area (Å²) in [7, 11) is 0. The van der Waals surface area contributed by atoms with Crippen LogP contribution in [0.4, 0.5) is 11.4 Å². The van der Waals surface area contributed by atoms with Crippen LogP contribution < -0.4 is 15.5 Å². The van der Waals surface area contributed by atoms with E-state index in [-0.39, 0.29) is 0 Å². The Morgan fingerprint density at radius 2 is 1.96 bits per heavy atom. The fraction of sp³-hybridized carbons (Fsp3) is 0.368.